The summed E-state index contributed by atoms with van der Waals surface area (Å²) < 4.78 is 33.6. The highest BCUT2D eigenvalue weighted by atomic mass is 32.2. The first-order valence-corrected chi connectivity index (χ1v) is 14.3. The molecule has 36 heavy (non-hydrogen) atoms. The number of nitriles is 1. The second kappa shape index (κ2) is 10.9. The van der Waals surface area contributed by atoms with E-state index in [0.29, 0.717) is 22.7 Å². The summed E-state index contributed by atoms with van der Waals surface area (Å²) in [5.41, 5.74) is 4.15. The Bertz CT molecular complexity index is 1420. The number of carbonyl (C=O) groups is 1. The molecule has 0 bridgehead atoms. The van der Waals surface area contributed by atoms with Crippen LogP contribution in [0.1, 0.15) is 62.8 Å². The van der Waals surface area contributed by atoms with Gasteiger partial charge in [-0.2, -0.15) is 5.26 Å². The van der Waals surface area contributed by atoms with Crippen LogP contribution in [0.2, 0.25) is 0 Å². The molecule has 0 fully saturated rings. The number of ether oxygens (including phenoxy) is 1. The predicted octanol–water partition coefficient (Wildman–Crippen LogP) is 4.81. The van der Waals surface area contributed by atoms with Gasteiger partial charge in [-0.3, -0.25) is 4.79 Å². The number of ketones is 1. The van der Waals surface area contributed by atoms with Crippen LogP contribution >= 0.6 is 11.3 Å². The van der Waals surface area contributed by atoms with E-state index in [1.165, 1.54) is 18.3 Å². The molecular weight excluding hydrogens is 496 g/mol. The average Bonchev–Trinajstić information content (AvgIpc) is 3.32. The number of nitrogens with zero attached hydrogens (tertiary/aromatic N) is 3. The first-order chi connectivity index (χ1) is 17.2. The zero-order valence-corrected chi connectivity index (χ0v) is 22.1. The highest BCUT2D eigenvalue weighted by Gasteiger charge is 2.27. The summed E-state index contributed by atoms with van der Waals surface area (Å²) in [5, 5.41) is 19.8. The summed E-state index contributed by atoms with van der Waals surface area (Å²) in [4.78, 5) is 11.3. The van der Waals surface area contributed by atoms with Crippen LogP contribution in [-0.4, -0.2) is 36.3 Å². The van der Waals surface area contributed by atoms with E-state index in [2.05, 4.69) is 21.0 Å². The third kappa shape index (κ3) is 5.98. The van der Waals surface area contributed by atoms with E-state index in [9.17, 15) is 18.5 Å². The molecule has 1 atom stereocenters. The van der Waals surface area contributed by atoms with E-state index in [4.69, 9.17) is 4.74 Å². The van der Waals surface area contributed by atoms with Gasteiger partial charge in [-0.05, 0) is 69.4 Å². The molecule has 3 aromatic rings. The zero-order chi connectivity index (χ0) is 25.9. The molecule has 0 saturated carbocycles. The number of carbonyl (C=O) groups excluding carboxylic acids is 1. The number of aromatic nitrogens is 2. The Labute approximate surface area is 215 Å². The largest absolute Gasteiger partial charge is 0.490 e. The molecule has 10 heteroatoms. The lowest BCUT2D eigenvalue weighted by atomic mass is 9.85. The van der Waals surface area contributed by atoms with Crippen LogP contribution in [0.25, 0.3) is 21.1 Å². The van der Waals surface area contributed by atoms with E-state index >= 15 is 0 Å². The third-order valence-electron chi connectivity index (χ3n) is 5.92. The molecule has 1 aromatic heterocycles. The Hall–Kier alpha value is -3.13. The maximum atomic E-state index is 12.5. The first-order valence-electron chi connectivity index (χ1n) is 11.8. The van der Waals surface area contributed by atoms with Gasteiger partial charge in [0.2, 0.25) is 10.0 Å². The maximum absolute atomic E-state index is 12.5. The van der Waals surface area contributed by atoms with Crippen LogP contribution in [0, 0.1) is 11.3 Å². The van der Waals surface area contributed by atoms with Crippen molar-refractivity contribution in [1.82, 2.24) is 14.9 Å². The Morgan fingerprint density at radius 2 is 2.03 bits per heavy atom. The smallest absolute Gasteiger partial charge is 0.212 e. The highest BCUT2D eigenvalue weighted by Crippen LogP contribution is 2.39. The normalized spacial score (nSPS) is 15.4. The monoisotopic (exact) mass is 524 g/mol. The van der Waals surface area contributed by atoms with Gasteiger partial charge in [0.1, 0.15) is 27.6 Å². The van der Waals surface area contributed by atoms with Gasteiger partial charge in [-0.1, -0.05) is 29.5 Å². The molecule has 2 aromatic carbocycles. The molecule has 1 aliphatic rings. The maximum Gasteiger partial charge on any atom is 0.212 e. The van der Waals surface area contributed by atoms with Crippen LogP contribution in [0.15, 0.2) is 36.4 Å². The molecule has 1 N–H and O–H groups in total. The van der Waals surface area contributed by atoms with Crippen LogP contribution in [-0.2, 0) is 21.2 Å². The summed E-state index contributed by atoms with van der Waals surface area (Å²) in [7, 11) is -3.58. The first kappa shape index (κ1) is 25.9. The van der Waals surface area contributed by atoms with E-state index < -0.39 is 10.0 Å². The van der Waals surface area contributed by atoms with Gasteiger partial charge in [0.05, 0.1) is 17.4 Å². The van der Waals surface area contributed by atoms with Crippen molar-refractivity contribution in [3.63, 3.8) is 0 Å². The number of benzene rings is 2. The molecule has 0 amide bonds. The van der Waals surface area contributed by atoms with E-state index in [1.807, 2.05) is 38.1 Å². The molecule has 0 unspecified atom stereocenters. The molecule has 0 aliphatic heterocycles. The molecular formula is C26H28N4O4S2. The van der Waals surface area contributed by atoms with Gasteiger partial charge in [0, 0.05) is 23.6 Å². The number of sulfonamides is 1. The summed E-state index contributed by atoms with van der Waals surface area (Å²) in [6, 6.07) is 13.1. The second-order valence-corrected chi connectivity index (χ2v) is 12.0. The van der Waals surface area contributed by atoms with Crippen LogP contribution in [0.5, 0.6) is 5.75 Å². The fraction of sp³-hybridized carbons (Fsp3) is 0.385. The van der Waals surface area contributed by atoms with Crippen molar-refractivity contribution in [3.05, 3.63) is 53.1 Å². The summed E-state index contributed by atoms with van der Waals surface area (Å²) in [6.45, 7) is 5.21. The number of nitrogens with one attached hydrogen (secondary N) is 1. The topological polar surface area (TPSA) is 122 Å². The van der Waals surface area contributed by atoms with Crippen LogP contribution in [0.3, 0.4) is 0 Å². The Morgan fingerprint density at radius 3 is 2.75 bits per heavy atom. The average molecular weight is 525 g/mol. The van der Waals surface area contributed by atoms with Crippen LogP contribution < -0.4 is 9.46 Å². The molecule has 1 heterocycles. The quantitative estimate of drug-likeness (QED) is 0.426. The fourth-order valence-corrected chi connectivity index (χ4v) is 6.53. The minimum absolute atomic E-state index is 0.000597. The Morgan fingerprint density at radius 1 is 1.25 bits per heavy atom. The highest BCUT2D eigenvalue weighted by molar-refractivity contribution is 7.89. The second-order valence-electron chi connectivity index (χ2n) is 9.11. The number of rotatable bonds is 9. The van der Waals surface area contributed by atoms with Gasteiger partial charge >= 0.3 is 0 Å². The zero-order valence-electron chi connectivity index (χ0n) is 20.4. The molecule has 0 saturated heterocycles. The third-order valence-corrected chi connectivity index (χ3v) is 8.31. The Balaban J connectivity index is 1.62. The van der Waals surface area contributed by atoms with Crippen molar-refractivity contribution in [3.8, 4) is 33.0 Å². The van der Waals surface area contributed by atoms with Crippen LogP contribution in [0.4, 0.5) is 0 Å². The van der Waals surface area contributed by atoms with Crippen molar-refractivity contribution >= 4 is 27.1 Å². The lowest BCUT2D eigenvalue weighted by Gasteiger charge is -2.27. The number of fused-ring (bicyclic) bond motifs is 1. The lowest BCUT2D eigenvalue weighted by molar-refractivity contribution is -0.116. The van der Waals surface area contributed by atoms with Crippen molar-refractivity contribution in [1.29, 1.82) is 5.26 Å². The lowest BCUT2D eigenvalue weighted by Crippen LogP contribution is -2.33. The SMILES string of the molecule is CC(=O)CCS(=O)(=O)N[C@H]1CCCc2c(-c3nnc(-c4ccc(OC(C)C)c(C#N)c4)s3)cccc21. The summed E-state index contributed by atoms with van der Waals surface area (Å²) in [5.74, 6) is 0.178. The summed E-state index contributed by atoms with van der Waals surface area (Å²) in [6.07, 6.45) is 2.30. The minimum Gasteiger partial charge on any atom is -0.490 e. The molecule has 0 spiro atoms. The van der Waals surface area contributed by atoms with Gasteiger partial charge < -0.3 is 4.74 Å². The van der Waals surface area contributed by atoms with Gasteiger partial charge in [-0.15, -0.1) is 10.2 Å². The molecule has 188 valence electrons. The predicted molar refractivity (Wildman–Crippen MR) is 139 cm³/mol. The van der Waals surface area contributed by atoms with Crippen molar-refractivity contribution in [2.75, 3.05) is 5.75 Å². The van der Waals surface area contributed by atoms with E-state index in [0.717, 1.165) is 40.1 Å². The molecule has 4 rings (SSSR count). The van der Waals surface area contributed by atoms with Crippen molar-refractivity contribution < 1.29 is 17.9 Å². The molecule has 0 radical (unpaired) electrons. The number of hydrogen-bond donors (Lipinski definition) is 1. The van der Waals surface area contributed by atoms with Gasteiger partial charge in [0.15, 0.2) is 0 Å². The molecule has 8 nitrogen and oxygen atoms in total. The fourth-order valence-electron chi connectivity index (χ4n) is 4.28. The molecule has 1 aliphatic carbocycles. The number of hydrogen-bond acceptors (Lipinski definition) is 8. The standard InChI is InChI=1S/C26H28N4O4S2/c1-16(2)34-24-11-10-18(14-19(24)15-27)25-28-29-26(35-25)22-8-4-7-21-20(22)6-5-9-23(21)30-36(32,33)13-12-17(3)31/h4,7-8,10-11,14,16,23,30H,5-6,9,12-13H2,1-3H3/t23-/m0/s1. The van der Waals surface area contributed by atoms with E-state index in [-0.39, 0.29) is 30.1 Å². The van der Waals surface area contributed by atoms with Crippen molar-refractivity contribution in [2.45, 2.75) is 58.6 Å². The Kier molecular flexibility index (Phi) is 7.83. The minimum atomic E-state index is -3.58. The van der Waals surface area contributed by atoms with Crippen molar-refractivity contribution in [2.24, 2.45) is 0 Å². The summed E-state index contributed by atoms with van der Waals surface area (Å²) >= 11 is 1.43. The number of Topliss-reactive ketones (excluding diaryl/α,β-unsaturated/α-hetero) is 1. The van der Waals surface area contributed by atoms with E-state index in [1.54, 1.807) is 12.1 Å². The van der Waals surface area contributed by atoms with Gasteiger partial charge in [0.25, 0.3) is 0 Å². The van der Waals surface area contributed by atoms with Gasteiger partial charge in [-0.25, -0.2) is 13.1 Å².